The molecule has 0 aliphatic rings. The topological polar surface area (TPSA) is 95.8 Å². The molecule has 0 aliphatic carbocycles. The normalized spacial score (nSPS) is 12.5. The van der Waals surface area contributed by atoms with Crippen LogP contribution < -0.4 is 11.5 Å². The number of hydrogen-bond donors (Lipinski definition) is 2. The van der Waals surface area contributed by atoms with Gasteiger partial charge in [-0.25, -0.2) is 4.79 Å². The highest BCUT2D eigenvalue weighted by Gasteiger charge is 2.08. The number of nitrogens with one attached hydrogen (secondary N) is 1. The van der Waals surface area contributed by atoms with Gasteiger partial charge < -0.3 is 10.2 Å². The zero-order chi connectivity index (χ0) is 11.5. The molecule has 0 aliphatic heterocycles. The quantitative estimate of drug-likeness (QED) is 0.812. The molecule has 5 nitrogen and oxygen atoms in total. The molecular weight excluding hydrogens is 206 g/mol. The molecule has 82 valence electrons. The van der Waals surface area contributed by atoms with Crippen LogP contribution in [0.4, 0.5) is 0 Å². The first kappa shape index (κ1) is 10.5. The van der Waals surface area contributed by atoms with E-state index in [1.54, 1.807) is 12.1 Å². The Bertz CT molecular complexity index is 591. The van der Waals surface area contributed by atoms with Crippen molar-refractivity contribution in [1.82, 2.24) is 4.98 Å². The molecule has 1 heterocycles. The summed E-state index contributed by atoms with van der Waals surface area (Å²) >= 11 is 0. The van der Waals surface area contributed by atoms with Gasteiger partial charge in [-0.1, -0.05) is 6.07 Å². The van der Waals surface area contributed by atoms with Gasteiger partial charge in [-0.2, -0.15) is 5.26 Å². The second-order valence-electron chi connectivity index (χ2n) is 3.57. The fourth-order valence-electron chi connectivity index (χ4n) is 1.58. The summed E-state index contributed by atoms with van der Waals surface area (Å²) < 4.78 is 4.93. The Kier molecular flexibility index (Phi) is 2.75. The summed E-state index contributed by atoms with van der Waals surface area (Å²) in [6.45, 7) is 0. The third kappa shape index (κ3) is 1.97. The Morgan fingerprint density at radius 3 is 3.12 bits per heavy atom. The minimum absolute atomic E-state index is 0.204. The van der Waals surface area contributed by atoms with E-state index in [2.05, 4.69) is 11.1 Å². The van der Waals surface area contributed by atoms with Crippen molar-refractivity contribution in [2.45, 2.75) is 18.9 Å². The first-order valence-corrected chi connectivity index (χ1v) is 4.96. The summed E-state index contributed by atoms with van der Waals surface area (Å²) in [5.41, 5.74) is 7.91. The van der Waals surface area contributed by atoms with E-state index in [0.29, 0.717) is 23.9 Å². The van der Waals surface area contributed by atoms with Gasteiger partial charge in [0.1, 0.15) is 0 Å². The Morgan fingerprint density at radius 2 is 2.38 bits per heavy atom. The number of hydrogen-bond acceptors (Lipinski definition) is 4. The Morgan fingerprint density at radius 1 is 1.56 bits per heavy atom. The number of fused-ring (bicyclic) bond motifs is 1. The molecule has 5 heteroatoms. The fraction of sp³-hybridized carbons (Fsp3) is 0.273. The molecule has 1 aromatic carbocycles. The first-order valence-electron chi connectivity index (χ1n) is 4.96. The molecule has 0 saturated heterocycles. The molecule has 2 aromatic rings. The summed E-state index contributed by atoms with van der Waals surface area (Å²) in [7, 11) is 0. The smallest absolute Gasteiger partial charge is 0.408 e. The number of nitrogens with two attached hydrogens (primary N) is 1. The number of nitrogens with zero attached hydrogens (tertiary/aromatic N) is 1. The van der Waals surface area contributed by atoms with E-state index in [1.807, 2.05) is 6.07 Å². The minimum atomic E-state index is -0.474. The van der Waals surface area contributed by atoms with E-state index >= 15 is 0 Å². The number of oxazole rings is 1. The maximum atomic E-state index is 10.9. The van der Waals surface area contributed by atoms with Crippen molar-refractivity contribution in [3.05, 3.63) is 34.3 Å². The van der Waals surface area contributed by atoms with Crippen LogP contribution in [-0.4, -0.2) is 4.98 Å². The first-order chi connectivity index (χ1) is 7.70. The molecule has 0 fully saturated rings. The van der Waals surface area contributed by atoms with Gasteiger partial charge in [-0.05, 0) is 24.1 Å². The number of aromatic nitrogens is 1. The third-order valence-electron chi connectivity index (χ3n) is 2.44. The number of aromatic amines is 1. The van der Waals surface area contributed by atoms with Gasteiger partial charge in [0.15, 0.2) is 5.58 Å². The number of H-pyrrole nitrogens is 1. The number of rotatable bonds is 3. The van der Waals surface area contributed by atoms with Crippen LogP contribution in [0.3, 0.4) is 0 Å². The molecule has 1 aromatic heterocycles. The van der Waals surface area contributed by atoms with E-state index in [0.717, 1.165) is 5.56 Å². The highest BCUT2D eigenvalue weighted by atomic mass is 16.4. The second-order valence-corrected chi connectivity index (χ2v) is 3.57. The minimum Gasteiger partial charge on any atom is -0.408 e. The molecule has 0 saturated carbocycles. The van der Waals surface area contributed by atoms with E-state index in [1.165, 1.54) is 0 Å². The summed E-state index contributed by atoms with van der Waals surface area (Å²) in [5, 5.41) is 8.47. The lowest BCUT2D eigenvalue weighted by molar-refractivity contribution is 0.554. The lowest BCUT2D eigenvalue weighted by atomic mass is 10.0. The van der Waals surface area contributed by atoms with Gasteiger partial charge in [0, 0.05) is 12.5 Å². The largest absolute Gasteiger partial charge is 0.417 e. The van der Waals surface area contributed by atoms with Crippen LogP contribution in [0.15, 0.2) is 27.4 Å². The van der Waals surface area contributed by atoms with Crippen LogP contribution in [0.2, 0.25) is 0 Å². The lowest BCUT2D eigenvalue weighted by Gasteiger charge is -2.08. The molecule has 2 rings (SSSR count). The highest BCUT2D eigenvalue weighted by Crippen LogP contribution is 2.19. The van der Waals surface area contributed by atoms with E-state index < -0.39 is 5.76 Å². The fourth-order valence-corrected chi connectivity index (χ4v) is 1.58. The predicted molar refractivity (Wildman–Crippen MR) is 58.6 cm³/mol. The zero-order valence-corrected chi connectivity index (χ0v) is 8.56. The van der Waals surface area contributed by atoms with E-state index in [4.69, 9.17) is 15.4 Å². The maximum Gasteiger partial charge on any atom is 0.417 e. The van der Waals surface area contributed by atoms with Gasteiger partial charge in [0.05, 0.1) is 11.6 Å². The molecular formula is C11H11N3O2. The Hall–Kier alpha value is -2.06. The van der Waals surface area contributed by atoms with Crippen LogP contribution in [0.25, 0.3) is 11.1 Å². The lowest BCUT2D eigenvalue weighted by Crippen LogP contribution is -2.09. The molecule has 0 radical (unpaired) electrons. The average molecular weight is 217 g/mol. The predicted octanol–water partition coefficient (Wildman–Crippen LogP) is 1.42. The van der Waals surface area contributed by atoms with Crippen LogP contribution in [0.5, 0.6) is 0 Å². The molecule has 0 spiro atoms. The average Bonchev–Trinajstić information content (AvgIpc) is 2.64. The van der Waals surface area contributed by atoms with Crippen LogP contribution in [0, 0.1) is 11.3 Å². The van der Waals surface area contributed by atoms with Crippen LogP contribution in [0.1, 0.15) is 24.4 Å². The molecule has 0 amide bonds. The Labute approximate surface area is 91.5 Å². The molecule has 3 N–H and O–H groups in total. The third-order valence-corrected chi connectivity index (χ3v) is 2.44. The van der Waals surface area contributed by atoms with Crippen molar-refractivity contribution >= 4 is 11.1 Å². The molecule has 1 unspecified atom stereocenters. The van der Waals surface area contributed by atoms with Crippen molar-refractivity contribution in [3.63, 3.8) is 0 Å². The van der Waals surface area contributed by atoms with Gasteiger partial charge in [-0.3, -0.25) is 4.98 Å². The van der Waals surface area contributed by atoms with Crippen molar-refractivity contribution in [2.24, 2.45) is 5.73 Å². The summed E-state index contributed by atoms with van der Waals surface area (Å²) in [6, 6.07) is 7.16. The Balaban J connectivity index is 2.32. The van der Waals surface area contributed by atoms with Crippen LogP contribution >= 0.6 is 0 Å². The van der Waals surface area contributed by atoms with Crippen LogP contribution in [-0.2, 0) is 0 Å². The number of nitriles is 1. The zero-order valence-electron chi connectivity index (χ0n) is 8.56. The number of benzene rings is 1. The maximum absolute atomic E-state index is 10.9. The van der Waals surface area contributed by atoms with Crippen molar-refractivity contribution < 1.29 is 4.42 Å². The summed E-state index contributed by atoms with van der Waals surface area (Å²) in [6.07, 6.45) is 1.01. The van der Waals surface area contributed by atoms with Gasteiger partial charge in [-0.15, -0.1) is 0 Å². The second kappa shape index (κ2) is 4.21. The van der Waals surface area contributed by atoms with Crippen molar-refractivity contribution in [2.75, 3.05) is 0 Å². The van der Waals surface area contributed by atoms with Crippen molar-refractivity contribution in [1.29, 1.82) is 5.26 Å². The summed E-state index contributed by atoms with van der Waals surface area (Å²) in [4.78, 5) is 13.5. The highest BCUT2D eigenvalue weighted by molar-refractivity contribution is 5.72. The van der Waals surface area contributed by atoms with E-state index in [-0.39, 0.29) is 6.04 Å². The monoisotopic (exact) mass is 217 g/mol. The SMILES string of the molecule is N#CCCC(N)c1ccc2[nH]c(=O)oc2c1. The summed E-state index contributed by atoms with van der Waals surface area (Å²) in [5.74, 6) is -0.474. The van der Waals surface area contributed by atoms with Gasteiger partial charge in [0.25, 0.3) is 0 Å². The van der Waals surface area contributed by atoms with E-state index in [9.17, 15) is 4.79 Å². The van der Waals surface area contributed by atoms with Gasteiger partial charge >= 0.3 is 5.76 Å². The van der Waals surface area contributed by atoms with Crippen molar-refractivity contribution in [3.8, 4) is 6.07 Å². The van der Waals surface area contributed by atoms with Gasteiger partial charge in [0.2, 0.25) is 0 Å². The standard InChI is InChI=1S/C11H11N3O2/c12-5-1-2-8(13)7-3-4-9-10(6-7)16-11(15)14-9/h3-4,6,8H,1-2,13H2,(H,14,15). The molecule has 0 bridgehead atoms. The molecule has 16 heavy (non-hydrogen) atoms. The molecule has 1 atom stereocenters.